The molecule has 4 atom stereocenters. The third kappa shape index (κ3) is 8.30. The Balaban J connectivity index is 2.34. The van der Waals surface area contributed by atoms with E-state index in [-0.39, 0.29) is 41.4 Å². The third-order valence-corrected chi connectivity index (χ3v) is 13.6. The number of carbonyl (C=O) groups is 4. The number of hydrogen-bond acceptors (Lipinski definition) is 7. The van der Waals surface area contributed by atoms with Gasteiger partial charge in [-0.15, -0.1) is 0 Å². The average molecular weight is 591 g/mol. The van der Waals surface area contributed by atoms with Crippen LogP contribution in [0.3, 0.4) is 0 Å². The molecule has 8 nitrogen and oxygen atoms in total. The Morgan fingerprint density at radius 1 is 1.18 bits per heavy atom. The molecule has 0 saturated carbocycles. The number of thioether (sulfide) groups is 1. The fraction of sp³-hybridized carbons (Fsp3) is 0.600. The van der Waals surface area contributed by atoms with E-state index in [0.717, 1.165) is 11.8 Å². The maximum absolute atomic E-state index is 13.9. The molecule has 40 heavy (non-hydrogen) atoms. The van der Waals surface area contributed by atoms with Gasteiger partial charge in [-0.05, 0) is 57.5 Å². The molecule has 2 amide bonds. The lowest BCUT2D eigenvalue weighted by molar-refractivity contribution is -0.144. The smallest absolute Gasteiger partial charge is 0.306 e. The van der Waals surface area contributed by atoms with Crippen molar-refractivity contribution in [2.45, 2.75) is 89.6 Å². The zero-order chi connectivity index (χ0) is 30.3. The van der Waals surface area contributed by atoms with E-state index in [1.807, 2.05) is 20.8 Å². The number of carbonyl (C=O) groups excluding carboxylic acids is 4. The summed E-state index contributed by atoms with van der Waals surface area (Å²) in [7, 11) is -2.18. The first-order valence-electron chi connectivity index (χ1n) is 14.0. The number of β-lactam (4-membered cyclic amide) rings is 1. The molecule has 1 fully saturated rings. The highest BCUT2D eigenvalue weighted by atomic mass is 32.2. The second-order valence-electron chi connectivity index (χ2n) is 11.7. The topological polar surface area (TPSA) is 102 Å². The van der Waals surface area contributed by atoms with Crippen molar-refractivity contribution >= 4 is 43.0 Å². The minimum Gasteiger partial charge on any atom is -0.461 e. The number of nitrogens with one attached hydrogen (secondary N) is 1. The van der Waals surface area contributed by atoms with Crippen molar-refractivity contribution in [3.8, 4) is 0 Å². The lowest BCUT2D eigenvalue weighted by Gasteiger charge is -2.47. The molecule has 0 radical (unpaired) electrons. The quantitative estimate of drug-likeness (QED) is 0.101. The number of amides is 2. The Morgan fingerprint density at radius 3 is 2.35 bits per heavy atom. The minimum absolute atomic E-state index is 0.0153. The zero-order valence-electron chi connectivity index (χ0n) is 25.2. The van der Waals surface area contributed by atoms with Crippen molar-refractivity contribution < 1.29 is 28.3 Å². The molecule has 2 rings (SSSR count). The summed E-state index contributed by atoms with van der Waals surface area (Å²) in [4.78, 5) is 54.4. The first-order valence-corrected chi connectivity index (χ1v) is 17.8. The number of esters is 1. The minimum atomic E-state index is -2.18. The van der Waals surface area contributed by atoms with E-state index < -0.39 is 38.3 Å². The van der Waals surface area contributed by atoms with E-state index in [1.54, 1.807) is 29.2 Å². The summed E-state index contributed by atoms with van der Waals surface area (Å²) in [5.74, 6) is -1.94. The summed E-state index contributed by atoms with van der Waals surface area (Å²) in [6.07, 6.45) is 1.30. The summed E-state index contributed by atoms with van der Waals surface area (Å²) < 4.78 is 11.7. The van der Waals surface area contributed by atoms with Crippen LogP contribution in [0.15, 0.2) is 41.8 Å². The third-order valence-electron chi connectivity index (χ3n) is 7.93. The second-order valence-corrected chi connectivity index (χ2v) is 17.5. The predicted molar refractivity (Wildman–Crippen MR) is 162 cm³/mol. The number of benzene rings is 1. The van der Waals surface area contributed by atoms with Gasteiger partial charge in [0, 0.05) is 24.4 Å². The van der Waals surface area contributed by atoms with Gasteiger partial charge in [-0.1, -0.05) is 57.3 Å². The normalized spacial score (nSPS) is 18.6. The maximum Gasteiger partial charge on any atom is 0.306 e. The molecular formula is C30H46N2O6SSi. The molecule has 0 spiro atoms. The van der Waals surface area contributed by atoms with E-state index in [4.69, 9.17) is 9.16 Å². The van der Waals surface area contributed by atoms with Crippen molar-refractivity contribution in [1.82, 2.24) is 10.2 Å². The maximum atomic E-state index is 13.9. The van der Waals surface area contributed by atoms with Crippen LogP contribution >= 0.6 is 11.8 Å². The van der Waals surface area contributed by atoms with Crippen molar-refractivity contribution in [2.24, 2.45) is 11.8 Å². The van der Waals surface area contributed by atoms with Crippen LogP contribution in [0.2, 0.25) is 18.1 Å². The van der Waals surface area contributed by atoms with Gasteiger partial charge in [0.2, 0.25) is 5.91 Å². The van der Waals surface area contributed by atoms with Crippen LogP contribution in [0.25, 0.3) is 0 Å². The standard InChI is InChI=1S/C30H46N2O6SSi/c1-10-19-37-24(33)18-17-22(26-25(27(34)31-26)20(4)38-40(8,9)30(5,6)7)29(36)39-23-16-14-13-15-21(23)28(35)32(11-2)12-3/h10,13-16,20,22,25-26H,1,11-12,17-19H2,2-9H3,(H,31,34)/t20-,22-,25-,26-/m1/s1. The number of nitrogens with zero attached hydrogens (tertiary/aromatic N) is 1. The Hall–Kier alpha value is -2.43. The lowest BCUT2D eigenvalue weighted by Crippen LogP contribution is -2.67. The summed E-state index contributed by atoms with van der Waals surface area (Å²) in [5, 5.41) is 2.66. The SMILES string of the molecule is C=CCOC(=O)CC[C@@H](C(=O)Sc1ccccc1C(=O)N(CC)CC)[C@H]1NC(=O)[C@@H]1[C@@H](C)O[Si](C)(C)C(C)(C)C. The molecule has 1 aromatic carbocycles. The van der Waals surface area contributed by atoms with Gasteiger partial charge >= 0.3 is 5.97 Å². The molecule has 1 heterocycles. The summed E-state index contributed by atoms with van der Waals surface area (Å²) >= 11 is 0.986. The fourth-order valence-electron chi connectivity index (χ4n) is 4.53. The van der Waals surface area contributed by atoms with Crippen LogP contribution in [0.1, 0.15) is 64.7 Å². The molecule has 222 valence electrons. The largest absolute Gasteiger partial charge is 0.461 e. The molecule has 0 unspecified atom stereocenters. The van der Waals surface area contributed by atoms with E-state index in [0.29, 0.717) is 23.5 Å². The van der Waals surface area contributed by atoms with E-state index in [1.165, 1.54) is 6.08 Å². The molecule has 0 aliphatic carbocycles. The van der Waals surface area contributed by atoms with Crippen LogP contribution < -0.4 is 5.32 Å². The van der Waals surface area contributed by atoms with Crippen LogP contribution in [-0.2, 0) is 23.5 Å². The number of ether oxygens (including phenoxy) is 1. The second kappa shape index (κ2) is 14.5. The summed E-state index contributed by atoms with van der Waals surface area (Å²) in [6, 6.07) is 6.56. The highest BCUT2D eigenvalue weighted by Gasteiger charge is 2.51. The summed E-state index contributed by atoms with van der Waals surface area (Å²) in [6.45, 7) is 21.2. The number of hydrogen-bond donors (Lipinski definition) is 1. The molecule has 1 aromatic rings. The van der Waals surface area contributed by atoms with E-state index in [9.17, 15) is 19.2 Å². The summed E-state index contributed by atoms with van der Waals surface area (Å²) in [5.41, 5.74) is 0.456. The van der Waals surface area contributed by atoms with Gasteiger partial charge in [-0.3, -0.25) is 19.2 Å². The lowest BCUT2D eigenvalue weighted by atomic mass is 9.77. The van der Waals surface area contributed by atoms with Gasteiger partial charge in [0.15, 0.2) is 13.4 Å². The molecule has 1 saturated heterocycles. The van der Waals surface area contributed by atoms with Gasteiger partial charge in [0.25, 0.3) is 5.91 Å². The Morgan fingerprint density at radius 2 is 1.80 bits per heavy atom. The van der Waals surface area contributed by atoms with Gasteiger partial charge in [0.1, 0.15) is 6.61 Å². The first kappa shape index (κ1) is 33.8. The Kier molecular flexibility index (Phi) is 12.2. The van der Waals surface area contributed by atoms with Crippen molar-refractivity contribution in [2.75, 3.05) is 19.7 Å². The van der Waals surface area contributed by atoms with Crippen LogP contribution in [0.5, 0.6) is 0 Å². The molecule has 0 aromatic heterocycles. The highest BCUT2D eigenvalue weighted by Crippen LogP contribution is 2.41. The molecule has 1 aliphatic rings. The van der Waals surface area contributed by atoms with Gasteiger partial charge < -0.3 is 19.4 Å². The Bertz CT molecular complexity index is 1080. The average Bonchev–Trinajstić information content (AvgIpc) is 2.86. The molecule has 10 heteroatoms. The zero-order valence-corrected chi connectivity index (χ0v) is 27.1. The van der Waals surface area contributed by atoms with Crippen LogP contribution in [0, 0.1) is 11.8 Å². The van der Waals surface area contributed by atoms with Crippen LogP contribution in [0.4, 0.5) is 0 Å². The monoisotopic (exact) mass is 590 g/mol. The number of rotatable bonds is 14. The van der Waals surface area contributed by atoms with E-state index >= 15 is 0 Å². The van der Waals surface area contributed by atoms with Gasteiger partial charge in [-0.2, -0.15) is 0 Å². The van der Waals surface area contributed by atoms with Crippen LogP contribution in [-0.4, -0.2) is 68.0 Å². The molecule has 1 N–H and O–H groups in total. The highest BCUT2D eigenvalue weighted by molar-refractivity contribution is 8.13. The Labute approximate surface area is 244 Å². The molecule has 1 aliphatic heterocycles. The first-order chi connectivity index (χ1) is 18.7. The van der Waals surface area contributed by atoms with Crippen molar-refractivity contribution in [3.05, 3.63) is 42.5 Å². The molecule has 0 bridgehead atoms. The van der Waals surface area contributed by atoms with Gasteiger partial charge in [-0.25, -0.2) is 0 Å². The van der Waals surface area contributed by atoms with Gasteiger partial charge in [0.05, 0.1) is 29.5 Å². The van der Waals surface area contributed by atoms with Crippen molar-refractivity contribution in [1.29, 1.82) is 0 Å². The predicted octanol–water partition coefficient (Wildman–Crippen LogP) is 5.44. The van der Waals surface area contributed by atoms with E-state index in [2.05, 4.69) is 45.8 Å². The molecular weight excluding hydrogens is 544 g/mol. The van der Waals surface area contributed by atoms with Crippen molar-refractivity contribution in [3.63, 3.8) is 0 Å². The fourth-order valence-corrected chi connectivity index (χ4v) is 7.00.